The summed E-state index contributed by atoms with van der Waals surface area (Å²) in [4.78, 5) is 2.52. The molecule has 1 aromatic rings. The lowest BCUT2D eigenvalue weighted by atomic mass is 10.1. The van der Waals surface area contributed by atoms with E-state index in [1.54, 1.807) is 7.11 Å². The maximum absolute atomic E-state index is 5.23. The lowest BCUT2D eigenvalue weighted by Gasteiger charge is -2.38. The Hall–Kier alpha value is -0.900. The molecule has 3 heteroatoms. The number of hydrogen-bond donors (Lipinski definition) is 1. The van der Waals surface area contributed by atoms with Gasteiger partial charge < -0.3 is 10.1 Å². The first kappa shape index (κ1) is 12.6. The van der Waals surface area contributed by atoms with Gasteiger partial charge in [-0.25, -0.2) is 0 Å². The molecule has 2 rings (SSSR count). The van der Waals surface area contributed by atoms with Crippen LogP contribution in [0.4, 0.5) is 0 Å². The van der Waals surface area contributed by atoms with E-state index in [0.717, 1.165) is 26.2 Å². The van der Waals surface area contributed by atoms with Gasteiger partial charge in [-0.2, -0.15) is 0 Å². The summed E-state index contributed by atoms with van der Waals surface area (Å²) in [6, 6.07) is 11.7. The summed E-state index contributed by atoms with van der Waals surface area (Å²) in [5.74, 6) is 0. The molecular formula is C14H22N2O. The van der Waals surface area contributed by atoms with Crippen LogP contribution >= 0.6 is 0 Å². The van der Waals surface area contributed by atoms with Crippen LogP contribution in [-0.2, 0) is 11.3 Å². The molecule has 17 heavy (non-hydrogen) atoms. The summed E-state index contributed by atoms with van der Waals surface area (Å²) in [7, 11) is 1.77. The lowest BCUT2D eigenvalue weighted by molar-refractivity contribution is 0.0840. The highest BCUT2D eigenvalue weighted by Gasteiger charge is 2.24. The lowest BCUT2D eigenvalue weighted by Crippen LogP contribution is -2.56. The minimum absolute atomic E-state index is 0.458. The second-order valence-electron chi connectivity index (χ2n) is 4.82. The zero-order valence-electron chi connectivity index (χ0n) is 10.7. The first-order chi connectivity index (χ1) is 8.29. The van der Waals surface area contributed by atoms with E-state index >= 15 is 0 Å². The van der Waals surface area contributed by atoms with Gasteiger partial charge in [-0.15, -0.1) is 0 Å². The maximum atomic E-state index is 5.23. The topological polar surface area (TPSA) is 24.5 Å². The van der Waals surface area contributed by atoms with Crippen molar-refractivity contribution < 1.29 is 4.74 Å². The van der Waals surface area contributed by atoms with E-state index in [-0.39, 0.29) is 0 Å². The van der Waals surface area contributed by atoms with Crippen molar-refractivity contribution in [3.8, 4) is 0 Å². The van der Waals surface area contributed by atoms with Crippen LogP contribution in [0.25, 0.3) is 0 Å². The van der Waals surface area contributed by atoms with Gasteiger partial charge >= 0.3 is 0 Å². The van der Waals surface area contributed by atoms with E-state index in [1.807, 2.05) is 0 Å². The van der Waals surface area contributed by atoms with Gasteiger partial charge in [-0.1, -0.05) is 30.3 Å². The van der Waals surface area contributed by atoms with Gasteiger partial charge in [-0.05, 0) is 12.5 Å². The molecule has 0 saturated carbocycles. The molecule has 0 spiro atoms. The molecule has 1 heterocycles. The van der Waals surface area contributed by atoms with E-state index in [9.17, 15) is 0 Å². The fourth-order valence-corrected chi connectivity index (χ4v) is 2.35. The monoisotopic (exact) mass is 234 g/mol. The molecule has 3 nitrogen and oxygen atoms in total. The highest BCUT2D eigenvalue weighted by molar-refractivity contribution is 5.14. The van der Waals surface area contributed by atoms with E-state index in [4.69, 9.17) is 4.74 Å². The molecule has 0 aliphatic carbocycles. The number of nitrogens with one attached hydrogen (secondary N) is 1. The second-order valence-corrected chi connectivity index (χ2v) is 4.82. The van der Waals surface area contributed by atoms with Gasteiger partial charge in [0.25, 0.3) is 0 Å². The fourth-order valence-electron chi connectivity index (χ4n) is 2.35. The Balaban J connectivity index is 1.94. The zero-order valence-corrected chi connectivity index (χ0v) is 10.7. The Bertz CT molecular complexity index is 328. The van der Waals surface area contributed by atoms with Crippen molar-refractivity contribution in [2.75, 3.05) is 26.8 Å². The summed E-state index contributed by atoms with van der Waals surface area (Å²) in [6.45, 7) is 6.20. The van der Waals surface area contributed by atoms with Crippen molar-refractivity contribution in [3.63, 3.8) is 0 Å². The Morgan fingerprint density at radius 3 is 2.82 bits per heavy atom. The molecule has 1 aromatic carbocycles. The van der Waals surface area contributed by atoms with E-state index in [1.165, 1.54) is 5.56 Å². The highest BCUT2D eigenvalue weighted by atomic mass is 16.5. The number of methoxy groups -OCH3 is 1. The molecule has 0 radical (unpaired) electrons. The van der Waals surface area contributed by atoms with Crippen molar-refractivity contribution in [2.24, 2.45) is 0 Å². The van der Waals surface area contributed by atoms with E-state index in [2.05, 4.69) is 47.5 Å². The Morgan fingerprint density at radius 1 is 1.35 bits per heavy atom. The molecule has 94 valence electrons. The minimum atomic E-state index is 0.458. The van der Waals surface area contributed by atoms with E-state index in [0.29, 0.717) is 12.1 Å². The van der Waals surface area contributed by atoms with Crippen LogP contribution in [0.1, 0.15) is 12.5 Å². The molecule has 1 aliphatic heterocycles. The average Bonchev–Trinajstić information content (AvgIpc) is 2.35. The number of ether oxygens (including phenoxy) is 1. The highest BCUT2D eigenvalue weighted by Crippen LogP contribution is 2.12. The third-order valence-electron chi connectivity index (χ3n) is 3.38. The number of benzene rings is 1. The molecule has 1 fully saturated rings. The Kier molecular flexibility index (Phi) is 4.54. The molecule has 0 amide bonds. The first-order valence-corrected chi connectivity index (χ1v) is 6.30. The smallest absolute Gasteiger partial charge is 0.0628 e. The normalized spacial score (nSPS) is 26.0. The molecule has 1 aliphatic rings. The van der Waals surface area contributed by atoms with Crippen LogP contribution in [0.2, 0.25) is 0 Å². The van der Waals surface area contributed by atoms with Crippen LogP contribution in [0, 0.1) is 0 Å². The van der Waals surface area contributed by atoms with Crippen LogP contribution in [-0.4, -0.2) is 43.8 Å². The maximum Gasteiger partial charge on any atom is 0.0628 e. The largest absolute Gasteiger partial charge is 0.383 e. The predicted molar refractivity (Wildman–Crippen MR) is 70.0 cm³/mol. The Morgan fingerprint density at radius 2 is 2.12 bits per heavy atom. The molecular weight excluding hydrogens is 212 g/mol. The summed E-state index contributed by atoms with van der Waals surface area (Å²) in [5.41, 5.74) is 1.39. The van der Waals surface area contributed by atoms with Gasteiger partial charge in [0.05, 0.1) is 6.61 Å². The quantitative estimate of drug-likeness (QED) is 0.854. The number of rotatable bonds is 4. The third-order valence-corrected chi connectivity index (χ3v) is 3.38. The van der Waals surface area contributed by atoms with Gasteiger partial charge in [0.2, 0.25) is 0 Å². The fraction of sp³-hybridized carbons (Fsp3) is 0.571. The summed E-state index contributed by atoms with van der Waals surface area (Å²) in [5, 5.41) is 3.52. The van der Waals surface area contributed by atoms with Crippen molar-refractivity contribution >= 4 is 0 Å². The van der Waals surface area contributed by atoms with Crippen LogP contribution in [0.5, 0.6) is 0 Å². The molecule has 1 saturated heterocycles. The van der Waals surface area contributed by atoms with Gasteiger partial charge in [0.15, 0.2) is 0 Å². The van der Waals surface area contributed by atoms with Crippen molar-refractivity contribution in [1.82, 2.24) is 10.2 Å². The molecule has 1 N–H and O–H groups in total. The summed E-state index contributed by atoms with van der Waals surface area (Å²) < 4.78 is 5.23. The van der Waals surface area contributed by atoms with Crippen LogP contribution < -0.4 is 5.32 Å². The molecule has 0 bridgehead atoms. The average molecular weight is 234 g/mol. The minimum Gasteiger partial charge on any atom is -0.383 e. The van der Waals surface area contributed by atoms with Crippen molar-refractivity contribution in [1.29, 1.82) is 0 Å². The molecule has 2 atom stereocenters. The van der Waals surface area contributed by atoms with Crippen molar-refractivity contribution in [2.45, 2.75) is 25.6 Å². The van der Waals surface area contributed by atoms with Crippen LogP contribution in [0.15, 0.2) is 30.3 Å². The number of piperazine rings is 1. The molecule has 0 unspecified atom stereocenters. The molecule has 0 aromatic heterocycles. The third kappa shape index (κ3) is 3.53. The Labute approximate surface area is 104 Å². The summed E-state index contributed by atoms with van der Waals surface area (Å²) >= 11 is 0. The predicted octanol–water partition coefficient (Wildman–Crippen LogP) is 1.50. The van der Waals surface area contributed by atoms with Gasteiger partial charge in [0, 0.05) is 38.8 Å². The number of nitrogens with zero attached hydrogens (tertiary/aromatic N) is 1. The van der Waals surface area contributed by atoms with E-state index < -0.39 is 0 Å². The SMILES string of the molecule is COC[C@@H]1CN(Cc2ccccc2)[C@@H](C)CN1. The van der Waals surface area contributed by atoms with Gasteiger partial charge in [0.1, 0.15) is 0 Å². The second kappa shape index (κ2) is 6.15. The zero-order chi connectivity index (χ0) is 12.1. The van der Waals surface area contributed by atoms with Gasteiger partial charge in [-0.3, -0.25) is 4.90 Å². The number of hydrogen-bond acceptors (Lipinski definition) is 3. The first-order valence-electron chi connectivity index (χ1n) is 6.30. The van der Waals surface area contributed by atoms with Crippen LogP contribution in [0.3, 0.4) is 0 Å². The standard InChI is InChI=1S/C14H22N2O/c1-12-8-15-14(11-17-2)10-16(12)9-13-6-4-3-5-7-13/h3-7,12,14-15H,8-11H2,1-2H3/t12-,14-/m0/s1. The summed E-state index contributed by atoms with van der Waals surface area (Å²) in [6.07, 6.45) is 0. The van der Waals surface area contributed by atoms with Crippen molar-refractivity contribution in [3.05, 3.63) is 35.9 Å².